The molecule has 2 unspecified atom stereocenters. The van der Waals surface area contributed by atoms with Crippen molar-refractivity contribution < 1.29 is 9.53 Å². The Bertz CT molecular complexity index is 425. The van der Waals surface area contributed by atoms with Gasteiger partial charge in [-0.25, -0.2) is 4.79 Å². The van der Waals surface area contributed by atoms with Gasteiger partial charge in [0.25, 0.3) is 0 Å². The Labute approximate surface area is 105 Å². The summed E-state index contributed by atoms with van der Waals surface area (Å²) < 4.78 is 5.28. The number of benzene rings is 1. The summed E-state index contributed by atoms with van der Waals surface area (Å²) in [5.74, 6) is 0. The van der Waals surface area contributed by atoms with Gasteiger partial charge in [-0.15, -0.1) is 0 Å². The second-order valence-electron chi connectivity index (χ2n) is 4.17. The maximum atomic E-state index is 11.4. The van der Waals surface area contributed by atoms with Crippen LogP contribution < -0.4 is 5.73 Å². The number of amides is 1. The van der Waals surface area contributed by atoms with Crippen LogP contribution in [0, 0.1) is 0 Å². The van der Waals surface area contributed by atoms with E-state index in [0.29, 0.717) is 18.0 Å². The number of carbonyl (C=O) groups is 1. The van der Waals surface area contributed by atoms with Crippen molar-refractivity contribution in [3.05, 3.63) is 34.9 Å². The van der Waals surface area contributed by atoms with Crippen molar-refractivity contribution in [2.24, 2.45) is 5.73 Å². The van der Waals surface area contributed by atoms with Gasteiger partial charge in [-0.2, -0.15) is 0 Å². The molecule has 1 aliphatic rings. The van der Waals surface area contributed by atoms with Gasteiger partial charge in [0.05, 0.1) is 6.04 Å². The summed E-state index contributed by atoms with van der Waals surface area (Å²) in [5.41, 5.74) is 6.71. The summed E-state index contributed by atoms with van der Waals surface area (Å²) in [6.45, 7) is 0.396. The molecule has 1 aromatic rings. The molecule has 92 valence electrons. The highest BCUT2D eigenvalue weighted by Gasteiger charge is 2.38. The van der Waals surface area contributed by atoms with E-state index in [4.69, 9.17) is 22.1 Å². The zero-order chi connectivity index (χ0) is 12.4. The van der Waals surface area contributed by atoms with Crippen molar-refractivity contribution in [2.75, 3.05) is 13.6 Å². The highest BCUT2D eigenvalue weighted by Crippen LogP contribution is 2.22. The zero-order valence-corrected chi connectivity index (χ0v) is 10.4. The molecular formula is C12H15ClN2O2. The molecule has 0 radical (unpaired) electrons. The van der Waals surface area contributed by atoms with E-state index in [9.17, 15) is 4.79 Å². The Balaban J connectivity index is 2.11. The monoisotopic (exact) mass is 254 g/mol. The summed E-state index contributed by atoms with van der Waals surface area (Å²) in [6, 6.07) is 7.47. The highest BCUT2D eigenvalue weighted by molar-refractivity contribution is 6.30. The second-order valence-corrected chi connectivity index (χ2v) is 4.61. The third-order valence-corrected chi connectivity index (χ3v) is 3.27. The van der Waals surface area contributed by atoms with Gasteiger partial charge in [0.1, 0.15) is 6.10 Å². The molecule has 17 heavy (non-hydrogen) atoms. The normalized spacial score (nSPS) is 23.9. The van der Waals surface area contributed by atoms with Crippen LogP contribution in [-0.2, 0) is 11.2 Å². The molecule has 0 bridgehead atoms. The van der Waals surface area contributed by atoms with E-state index in [1.807, 2.05) is 24.3 Å². The lowest BCUT2D eigenvalue weighted by Gasteiger charge is -2.19. The van der Waals surface area contributed by atoms with E-state index in [1.54, 1.807) is 11.9 Å². The summed E-state index contributed by atoms with van der Waals surface area (Å²) in [7, 11) is 1.71. The molecule has 5 heteroatoms. The fourth-order valence-electron chi connectivity index (χ4n) is 2.06. The minimum atomic E-state index is -0.313. The molecule has 1 amide bonds. The molecule has 0 aliphatic carbocycles. The molecule has 0 saturated carbocycles. The predicted molar refractivity (Wildman–Crippen MR) is 66.0 cm³/mol. The van der Waals surface area contributed by atoms with Gasteiger partial charge in [0.15, 0.2) is 0 Å². The molecule has 2 rings (SSSR count). The van der Waals surface area contributed by atoms with Crippen LogP contribution in [0.4, 0.5) is 4.79 Å². The van der Waals surface area contributed by atoms with Crippen LogP contribution in [-0.4, -0.2) is 36.7 Å². The molecule has 1 aliphatic heterocycles. The molecule has 0 spiro atoms. The van der Waals surface area contributed by atoms with Gasteiger partial charge in [0.2, 0.25) is 0 Å². The Morgan fingerprint density at radius 1 is 1.53 bits per heavy atom. The average molecular weight is 255 g/mol. The first-order valence-electron chi connectivity index (χ1n) is 5.49. The van der Waals surface area contributed by atoms with Gasteiger partial charge in [-0.1, -0.05) is 23.7 Å². The van der Waals surface area contributed by atoms with Gasteiger partial charge in [-0.3, -0.25) is 0 Å². The fraction of sp³-hybridized carbons (Fsp3) is 0.417. The van der Waals surface area contributed by atoms with Crippen LogP contribution in [0.1, 0.15) is 5.56 Å². The summed E-state index contributed by atoms with van der Waals surface area (Å²) in [6.07, 6.45) is 0.127. The predicted octanol–water partition coefficient (Wildman–Crippen LogP) is 1.66. The number of nitrogens with two attached hydrogens (primary N) is 1. The van der Waals surface area contributed by atoms with Crippen LogP contribution >= 0.6 is 11.6 Å². The smallest absolute Gasteiger partial charge is 0.410 e. The summed E-state index contributed by atoms with van der Waals surface area (Å²) >= 11 is 5.92. The number of likely N-dealkylation sites (N-methyl/N-ethyl adjacent to an activating group) is 1. The third-order valence-electron chi connectivity index (χ3n) is 3.03. The molecule has 4 nitrogen and oxygen atoms in total. The van der Waals surface area contributed by atoms with Crippen molar-refractivity contribution in [1.82, 2.24) is 4.90 Å². The molecule has 2 N–H and O–H groups in total. The lowest BCUT2D eigenvalue weighted by atomic mass is 10.0. The standard InChI is InChI=1S/C12H15ClN2O2/c1-15-10(7-14)11(17-12(15)16)6-8-3-2-4-9(13)5-8/h2-5,10-11H,6-7,14H2,1H3. The average Bonchev–Trinajstić information content (AvgIpc) is 2.54. The van der Waals surface area contributed by atoms with Gasteiger partial charge < -0.3 is 15.4 Å². The Hall–Kier alpha value is -1.26. The number of rotatable bonds is 3. The number of carbonyl (C=O) groups excluding carboxylic acids is 1. The van der Waals surface area contributed by atoms with Crippen LogP contribution in [0.3, 0.4) is 0 Å². The fourth-order valence-corrected chi connectivity index (χ4v) is 2.27. The Kier molecular flexibility index (Phi) is 3.54. The zero-order valence-electron chi connectivity index (χ0n) is 9.60. The number of halogens is 1. The maximum absolute atomic E-state index is 11.4. The summed E-state index contributed by atoms with van der Waals surface area (Å²) in [4.78, 5) is 13.0. The Morgan fingerprint density at radius 2 is 2.29 bits per heavy atom. The van der Waals surface area contributed by atoms with E-state index in [-0.39, 0.29) is 18.2 Å². The largest absolute Gasteiger partial charge is 0.443 e. The summed E-state index contributed by atoms with van der Waals surface area (Å²) in [5, 5.41) is 0.685. The van der Waals surface area contributed by atoms with Crippen LogP contribution in [0.2, 0.25) is 5.02 Å². The number of cyclic esters (lactones) is 1. The molecule has 0 aromatic heterocycles. The number of hydrogen-bond donors (Lipinski definition) is 1. The molecule has 1 saturated heterocycles. The van der Waals surface area contributed by atoms with Crippen molar-refractivity contribution in [1.29, 1.82) is 0 Å². The molecule has 1 heterocycles. The van der Waals surface area contributed by atoms with E-state index < -0.39 is 0 Å². The van der Waals surface area contributed by atoms with Crippen LogP contribution in [0.5, 0.6) is 0 Å². The number of nitrogens with zero attached hydrogens (tertiary/aromatic N) is 1. The maximum Gasteiger partial charge on any atom is 0.410 e. The van der Waals surface area contributed by atoms with Crippen molar-refractivity contribution in [2.45, 2.75) is 18.6 Å². The van der Waals surface area contributed by atoms with Gasteiger partial charge >= 0.3 is 6.09 Å². The van der Waals surface area contributed by atoms with Crippen LogP contribution in [0.15, 0.2) is 24.3 Å². The first-order valence-corrected chi connectivity index (χ1v) is 5.87. The highest BCUT2D eigenvalue weighted by atomic mass is 35.5. The van der Waals surface area contributed by atoms with Crippen molar-refractivity contribution >= 4 is 17.7 Å². The second kappa shape index (κ2) is 4.94. The van der Waals surface area contributed by atoms with E-state index in [1.165, 1.54) is 0 Å². The van der Waals surface area contributed by atoms with E-state index >= 15 is 0 Å². The molecule has 2 atom stereocenters. The Morgan fingerprint density at radius 3 is 2.94 bits per heavy atom. The molecule has 1 aromatic carbocycles. The third kappa shape index (κ3) is 2.53. The number of hydrogen-bond acceptors (Lipinski definition) is 3. The SMILES string of the molecule is CN1C(=O)OC(Cc2cccc(Cl)c2)C1CN. The topological polar surface area (TPSA) is 55.6 Å². The molecule has 1 fully saturated rings. The van der Waals surface area contributed by atoms with E-state index in [2.05, 4.69) is 0 Å². The first-order chi connectivity index (χ1) is 8.11. The first kappa shape index (κ1) is 12.2. The van der Waals surface area contributed by atoms with Gasteiger partial charge in [-0.05, 0) is 17.7 Å². The van der Waals surface area contributed by atoms with Crippen molar-refractivity contribution in [3.8, 4) is 0 Å². The minimum absolute atomic E-state index is 0.0681. The lowest BCUT2D eigenvalue weighted by molar-refractivity contribution is 0.130. The quantitative estimate of drug-likeness (QED) is 0.893. The molecular weight excluding hydrogens is 240 g/mol. The number of ether oxygens (including phenoxy) is 1. The minimum Gasteiger partial charge on any atom is -0.443 e. The van der Waals surface area contributed by atoms with Gasteiger partial charge in [0, 0.05) is 25.0 Å². The van der Waals surface area contributed by atoms with Crippen molar-refractivity contribution in [3.63, 3.8) is 0 Å². The lowest BCUT2D eigenvalue weighted by Crippen LogP contribution is -2.40. The van der Waals surface area contributed by atoms with E-state index in [0.717, 1.165) is 5.56 Å². The van der Waals surface area contributed by atoms with Crippen LogP contribution in [0.25, 0.3) is 0 Å².